The van der Waals surface area contributed by atoms with Crippen molar-refractivity contribution in [3.8, 4) is 33.4 Å². The van der Waals surface area contributed by atoms with E-state index < -0.39 is 0 Å². The normalized spacial score (nSPS) is 14.6. The van der Waals surface area contributed by atoms with Gasteiger partial charge in [-0.05, 0) is 51.6 Å². The van der Waals surface area contributed by atoms with E-state index in [-0.39, 0.29) is 5.41 Å². The minimum Gasteiger partial charge on any atom is -0.355 e. The van der Waals surface area contributed by atoms with Crippen LogP contribution in [0.3, 0.4) is 0 Å². The Bertz CT molecular complexity index is 1260. The van der Waals surface area contributed by atoms with Gasteiger partial charge in [0.05, 0.1) is 0 Å². The largest absolute Gasteiger partial charge is 0.355 e. The molecule has 1 N–H and O–H groups in total. The van der Waals surface area contributed by atoms with Crippen LogP contribution in [-0.4, -0.2) is 0 Å². The van der Waals surface area contributed by atoms with Gasteiger partial charge in [-0.25, -0.2) is 0 Å². The molecule has 0 radical (unpaired) electrons. The van der Waals surface area contributed by atoms with Gasteiger partial charge in [0.2, 0.25) is 0 Å². The summed E-state index contributed by atoms with van der Waals surface area (Å²) in [6.07, 6.45) is 0. The van der Waals surface area contributed by atoms with Gasteiger partial charge in [0.25, 0.3) is 0 Å². The number of rotatable bonds is 0. The monoisotopic (exact) mass is 359 g/mol. The van der Waals surface area contributed by atoms with Gasteiger partial charge in [-0.1, -0.05) is 80.6 Å². The molecule has 2 aliphatic rings. The van der Waals surface area contributed by atoms with E-state index >= 15 is 0 Å². The molecule has 4 aromatic rings. The molecule has 1 aliphatic heterocycles. The van der Waals surface area contributed by atoms with Gasteiger partial charge in [-0.15, -0.1) is 0 Å². The SMILES string of the molecule is CC1(C)c2ccccc2-c2cc3c(cc21)Nc1ccccc1-c1ccccc1-3. The highest BCUT2D eigenvalue weighted by molar-refractivity contribution is 6.01. The average molecular weight is 359 g/mol. The zero-order chi connectivity index (χ0) is 18.9. The number of para-hydroxylation sites is 1. The van der Waals surface area contributed by atoms with Crippen LogP contribution in [0.25, 0.3) is 33.4 Å². The summed E-state index contributed by atoms with van der Waals surface area (Å²) in [5.41, 5.74) is 13.0. The van der Waals surface area contributed by atoms with Crippen LogP contribution in [0.2, 0.25) is 0 Å². The van der Waals surface area contributed by atoms with E-state index in [1.54, 1.807) is 0 Å². The standard InChI is InChI=1S/C27H21N/c1-27(2)23-13-7-5-11-19(23)21-15-22-18-10-4-3-9-17(18)20-12-6-8-14-25(20)28-26(22)16-24(21)27/h3-16,28H,1-2H3. The van der Waals surface area contributed by atoms with Gasteiger partial charge in [-0.3, -0.25) is 0 Å². The molecule has 0 amide bonds. The summed E-state index contributed by atoms with van der Waals surface area (Å²) in [5.74, 6) is 0. The van der Waals surface area contributed by atoms with Crippen molar-refractivity contribution in [1.29, 1.82) is 0 Å². The van der Waals surface area contributed by atoms with Crippen LogP contribution in [0.1, 0.15) is 25.0 Å². The lowest BCUT2D eigenvalue weighted by molar-refractivity contribution is 0.660. The smallest absolute Gasteiger partial charge is 0.0467 e. The van der Waals surface area contributed by atoms with Gasteiger partial charge >= 0.3 is 0 Å². The summed E-state index contributed by atoms with van der Waals surface area (Å²) < 4.78 is 0. The lowest BCUT2D eigenvalue weighted by atomic mass is 9.81. The van der Waals surface area contributed by atoms with E-state index in [9.17, 15) is 0 Å². The maximum atomic E-state index is 3.74. The van der Waals surface area contributed by atoms with Crippen LogP contribution in [0.5, 0.6) is 0 Å². The zero-order valence-corrected chi connectivity index (χ0v) is 16.1. The Labute approximate surface area is 165 Å². The van der Waals surface area contributed by atoms with E-state index in [0.717, 1.165) is 0 Å². The predicted molar refractivity (Wildman–Crippen MR) is 118 cm³/mol. The summed E-state index contributed by atoms with van der Waals surface area (Å²) in [5, 5.41) is 3.74. The van der Waals surface area contributed by atoms with Crippen LogP contribution >= 0.6 is 0 Å². The molecule has 1 nitrogen and oxygen atoms in total. The molecule has 0 aromatic heterocycles. The molecule has 1 heteroatoms. The fourth-order valence-electron chi connectivity index (χ4n) is 5.00. The van der Waals surface area contributed by atoms with Crippen molar-refractivity contribution in [1.82, 2.24) is 0 Å². The molecule has 28 heavy (non-hydrogen) atoms. The van der Waals surface area contributed by atoms with Gasteiger partial charge in [0.1, 0.15) is 0 Å². The first-order valence-electron chi connectivity index (χ1n) is 9.89. The Morgan fingerprint density at radius 1 is 0.500 bits per heavy atom. The van der Waals surface area contributed by atoms with Gasteiger partial charge in [-0.2, -0.15) is 0 Å². The lowest BCUT2D eigenvalue weighted by Crippen LogP contribution is -2.15. The minimum absolute atomic E-state index is 0.00791. The maximum Gasteiger partial charge on any atom is 0.0467 e. The first-order valence-corrected chi connectivity index (χ1v) is 9.89. The molecule has 0 saturated carbocycles. The first kappa shape index (κ1) is 15.7. The minimum atomic E-state index is 0.00791. The van der Waals surface area contributed by atoms with Crippen LogP contribution in [0, 0.1) is 0 Å². The summed E-state index contributed by atoms with van der Waals surface area (Å²) in [4.78, 5) is 0. The fourth-order valence-corrected chi connectivity index (χ4v) is 5.00. The second-order valence-corrected chi connectivity index (χ2v) is 8.33. The average Bonchev–Trinajstić information content (AvgIpc) is 2.86. The third kappa shape index (κ3) is 1.96. The topological polar surface area (TPSA) is 12.0 Å². The quantitative estimate of drug-likeness (QED) is 0.304. The summed E-state index contributed by atoms with van der Waals surface area (Å²) in [6, 6.07) is 31.0. The second kappa shape index (κ2) is 5.36. The molecular formula is C27H21N. The highest BCUT2D eigenvalue weighted by Crippen LogP contribution is 2.53. The Morgan fingerprint density at radius 3 is 1.89 bits per heavy atom. The Morgan fingerprint density at radius 2 is 1.11 bits per heavy atom. The van der Waals surface area contributed by atoms with Crippen LogP contribution in [-0.2, 0) is 5.41 Å². The lowest BCUT2D eigenvalue weighted by Gasteiger charge is -2.23. The zero-order valence-electron chi connectivity index (χ0n) is 16.1. The Kier molecular flexibility index (Phi) is 3.01. The summed E-state index contributed by atoms with van der Waals surface area (Å²) in [7, 11) is 0. The highest BCUT2D eigenvalue weighted by Gasteiger charge is 2.36. The highest BCUT2D eigenvalue weighted by atomic mass is 14.9. The number of benzene rings is 4. The van der Waals surface area contributed by atoms with E-state index in [1.165, 1.54) is 55.9 Å². The van der Waals surface area contributed by atoms with Crippen molar-refractivity contribution in [3.63, 3.8) is 0 Å². The van der Waals surface area contributed by atoms with E-state index in [0.29, 0.717) is 0 Å². The molecule has 4 aromatic carbocycles. The number of anilines is 2. The molecule has 0 fully saturated rings. The van der Waals surface area contributed by atoms with Crippen molar-refractivity contribution >= 4 is 11.4 Å². The molecule has 0 unspecified atom stereocenters. The molecular weight excluding hydrogens is 338 g/mol. The van der Waals surface area contributed by atoms with Gasteiger partial charge in [0.15, 0.2) is 0 Å². The maximum absolute atomic E-state index is 3.74. The van der Waals surface area contributed by atoms with Crippen molar-refractivity contribution < 1.29 is 0 Å². The van der Waals surface area contributed by atoms with E-state index in [4.69, 9.17) is 0 Å². The van der Waals surface area contributed by atoms with E-state index in [2.05, 4.69) is 104 Å². The Balaban J connectivity index is 1.70. The fraction of sp³-hybridized carbons (Fsp3) is 0.111. The third-order valence-electron chi connectivity index (χ3n) is 6.43. The Hall–Kier alpha value is -3.32. The van der Waals surface area contributed by atoms with Gasteiger partial charge < -0.3 is 5.32 Å². The molecule has 0 atom stereocenters. The first-order chi connectivity index (χ1) is 13.6. The molecule has 0 bridgehead atoms. The number of nitrogens with one attached hydrogen (secondary N) is 1. The molecule has 6 rings (SSSR count). The molecule has 0 saturated heterocycles. The molecule has 1 heterocycles. The van der Waals surface area contributed by atoms with Gasteiger partial charge in [0, 0.05) is 27.9 Å². The third-order valence-corrected chi connectivity index (χ3v) is 6.43. The molecule has 0 spiro atoms. The second-order valence-electron chi connectivity index (χ2n) is 8.33. The number of fused-ring (bicyclic) bond motifs is 8. The molecule has 134 valence electrons. The summed E-state index contributed by atoms with van der Waals surface area (Å²) in [6.45, 7) is 4.67. The number of hydrogen-bond acceptors (Lipinski definition) is 1. The predicted octanol–water partition coefficient (Wildman–Crippen LogP) is 7.38. The van der Waals surface area contributed by atoms with Crippen LogP contribution in [0.4, 0.5) is 11.4 Å². The van der Waals surface area contributed by atoms with Crippen molar-refractivity contribution in [2.75, 3.05) is 5.32 Å². The van der Waals surface area contributed by atoms with Crippen LogP contribution < -0.4 is 5.32 Å². The molecule has 1 aliphatic carbocycles. The number of hydrogen-bond donors (Lipinski definition) is 1. The van der Waals surface area contributed by atoms with Crippen LogP contribution in [0.15, 0.2) is 84.9 Å². The van der Waals surface area contributed by atoms with Crippen molar-refractivity contribution in [3.05, 3.63) is 96.1 Å². The summed E-state index contributed by atoms with van der Waals surface area (Å²) >= 11 is 0. The van der Waals surface area contributed by atoms with Crippen molar-refractivity contribution in [2.24, 2.45) is 0 Å². The van der Waals surface area contributed by atoms with E-state index in [1.807, 2.05) is 0 Å². The van der Waals surface area contributed by atoms with Crippen molar-refractivity contribution in [2.45, 2.75) is 19.3 Å².